The first-order valence-electron chi connectivity index (χ1n) is 8.38. The van der Waals surface area contributed by atoms with Crippen molar-refractivity contribution in [2.24, 2.45) is 0 Å². The summed E-state index contributed by atoms with van der Waals surface area (Å²) in [5.74, 6) is 0.858. The zero-order valence-corrected chi connectivity index (χ0v) is 14.5. The second-order valence-electron chi connectivity index (χ2n) is 6.32. The summed E-state index contributed by atoms with van der Waals surface area (Å²) in [5.41, 5.74) is 0.911. The van der Waals surface area contributed by atoms with E-state index in [0.29, 0.717) is 17.2 Å². The highest BCUT2D eigenvalue weighted by Crippen LogP contribution is 2.44. The molecule has 25 heavy (non-hydrogen) atoms. The average Bonchev–Trinajstić information content (AvgIpc) is 3.14. The average molecular weight is 343 g/mol. The number of nitrogens with one attached hydrogen (secondary N) is 1. The lowest BCUT2D eigenvalue weighted by molar-refractivity contribution is -0.121. The highest BCUT2D eigenvalue weighted by Gasteiger charge is 2.43. The lowest BCUT2D eigenvalue weighted by Gasteiger charge is -2.29. The van der Waals surface area contributed by atoms with Crippen LogP contribution in [-0.4, -0.2) is 20.1 Å². The number of ether oxygens (including phenoxy) is 2. The molecule has 0 saturated heterocycles. The second kappa shape index (κ2) is 7.13. The minimum Gasteiger partial charge on any atom is -0.493 e. The molecular weight excluding hydrogens is 321 g/mol. The molecule has 1 saturated carbocycles. The highest BCUT2D eigenvalue weighted by atomic mass is 19.1. The van der Waals surface area contributed by atoms with Crippen LogP contribution >= 0.6 is 0 Å². The van der Waals surface area contributed by atoms with Crippen LogP contribution in [0.3, 0.4) is 0 Å². The number of carbonyl (C=O) groups is 1. The van der Waals surface area contributed by atoms with Gasteiger partial charge in [-0.3, -0.25) is 4.79 Å². The van der Waals surface area contributed by atoms with Crippen LogP contribution in [0, 0.1) is 5.82 Å². The molecule has 1 amide bonds. The molecule has 0 aliphatic heterocycles. The molecule has 0 unspecified atom stereocenters. The van der Waals surface area contributed by atoms with Crippen molar-refractivity contribution >= 4 is 11.6 Å². The summed E-state index contributed by atoms with van der Waals surface area (Å²) in [6.07, 6.45) is 3.53. The Morgan fingerprint density at radius 1 is 1.00 bits per heavy atom. The first kappa shape index (κ1) is 17.3. The van der Waals surface area contributed by atoms with E-state index in [1.54, 1.807) is 26.4 Å². The molecule has 1 N–H and O–H groups in total. The van der Waals surface area contributed by atoms with E-state index in [1.165, 1.54) is 12.1 Å². The molecule has 1 fully saturated rings. The maximum Gasteiger partial charge on any atom is 0.235 e. The van der Waals surface area contributed by atoms with Crippen LogP contribution in [0.2, 0.25) is 0 Å². The Morgan fingerprint density at radius 3 is 2.24 bits per heavy atom. The molecule has 2 aromatic carbocycles. The van der Waals surface area contributed by atoms with Gasteiger partial charge in [-0.25, -0.2) is 4.39 Å². The summed E-state index contributed by atoms with van der Waals surface area (Å²) in [5, 5.41) is 2.94. The van der Waals surface area contributed by atoms with Crippen LogP contribution in [0.25, 0.3) is 0 Å². The van der Waals surface area contributed by atoms with E-state index < -0.39 is 5.41 Å². The minimum absolute atomic E-state index is 0.0659. The SMILES string of the molecule is COc1ccc(C2(C(=O)Nc3ccc(F)cc3)CCCC2)cc1OC. The summed E-state index contributed by atoms with van der Waals surface area (Å²) < 4.78 is 23.8. The molecule has 0 spiro atoms. The van der Waals surface area contributed by atoms with E-state index in [2.05, 4.69) is 5.32 Å². The predicted octanol–water partition coefficient (Wildman–Crippen LogP) is 4.29. The Kier molecular flexibility index (Phi) is 4.93. The number of carbonyl (C=O) groups excluding carboxylic acids is 1. The molecule has 1 aliphatic carbocycles. The van der Waals surface area contributed by atoms with Gasteiger partial charge in [0, 0.05) is 5.69 Å². The molecule has 3 rings (SSSR count). The predicted molar refractivity (Wildman–Crippen MR) is 94.7 cm³/mol. The highest BCUT2D eigenvalue weighted by molar-refractivity contribution is 5.99. The number of anilines is 1. The van der Waals surface area contributed by atoms with Crippen LogP contribution in [0.15, 0.2) is 42.5 Å². The summed E-state index contributed by atoms with van der Waals surface area (Å²) in [6, 6.07) is 11.5. The number of methoxy groups -OCH3 is 2. The summed E-state index contributed by atoms with van der Waals surface area (Å²) >= 11 is 0. The van der Waals surface area contributed by atoms with Crippen LogP contribution in [0.1, 0.15) is 31.2 Å². The molecule has 0 heterocycles. The van der Waals surface area contributed by atoms with Crippen molar-refractivity contribution in [3.05, 3.63) is 53.8 Å². The van der Waals surface area contributed by atoms with Gasteiger partial charge in [0.1, 0.15) is 5.82 Å². The normalized spacial score (nSPS) is 15.6. The maximum absolute atomic E-state index is 13.1. The zero-order valence-electron chi connectivity index (χ0n) is 14.5. The molecule has 0 atom stereocenters. The topological polar surface area (TPSA) is 47.6 Å². The lowest BCUT2D eigenvalue weighted by atomic mass is 9.77. The van der Waals surface area contributed by atoms with E-state index in [9.17, 15) is 9.18 Å². The van der Waals surface area contributed by atoms with Gasteiger partial charge in [-0.15, -0.1) is 0 Å². The van der Waals surface area contributed by atoms with Gasteiger partial charge in [0.15, 0.2) is 11.5 Å². The van der Waals surface area contributed by atoms with Gasteiger partial charge < -0.3 is 14.8 Å². The molecule has 0 radical (unpaired) electrons. The smallest absolute Gasteiger partial charge is 0.235 e. The number of amides is 1. The third-order valence-electron chi connectivity index (χ3n) is 4.93. The van der Waals surface area contributed by atoms with Crippen LogP contribution in [0.4, 0.5) is 10.1 Å². The number of hydrogen-bond donors (Lipinski definition) is 1. The Balaban J connectivity index is 1.93. The summed E-state index contributed by atoms with van der Waals surface area (Å²) in [7, 11) is 3.17. The van der Waals surface area contributed by atoms with Gasteiger partial charge in [0.25, 0.3) is 0 Å². The fourth-order valence-electron chi connectivity index (χ4n) is 3.54. The molecular formula is C20H22FNO3. The molecule has 1 aliphatic rings. The fraction of sp³-hybridized carbons (Fsp3) is 0.350. The van der Waals surface area contributed by atoms with Gasteiger partial charge in [0.2, 0.25) is 5.91 Å². The fourth-order valence-corrected chi connectivity index (χ4v) is 3.54. The van der Waals surface area contributed by atoms with E-state index >= 15 is 0 Å². The Hall–Kier alpha value is -2.56. The van der Waals surface area contributed by atoms with E-state index in [4.69, 9.17) is 9.47 Å². The largest absolute Gasteiger partial charge is 0.493 e. The number of halogens is 1. The zero-order chi connectivity index (χ0) is 17.9. The van der Waals surface area contributed by atoms with Crippen LogP contribution in [0.5, 0.6) is 11.5 Å². The van der Waals surface area contributed by atoms with Gasteiger partial charge in [-0.05, 0) is 54.8 Å². The Bertz CT molecular complexity index is 752. The van der Waals surface area contributed by atoms with E-state index in [1.807, 2.05) is 18.2 Å². The quantitative estimate of drug-likeness (QED) is 0.881. The van der Waals surface area contributed by atoms with Crippen molar-refractivity contribution < 1.29 is 18.7 Å². The molecule has 0 aromatic heterocycles. The van der Waals surface area contributed by atoms with Crippen molar-refractivity contribution in [3.8, 4) is 11.5 Å². The lowest BCUT2D eigenvalue weighted by Crippen LogP contribution is -2.38. The van der Waals surface area contributed by atoms with Gasteiger partial charge in [-0.2, -0.15) is 0 Å². The standard InChI is InChI=1S/C20H22FNO3/c1-24-17-10-5-14(13-18(17)25-2)20(11-3-4-12-20)19(23)22-16-8-6-15(21)7-9-16/h5-10,13H,3-4,11-12H2,1-2H3,(H,22,23). The van der Waals surface area contributed by atoms with Crippen molar-refractivity contribution in [1.82, 2.24) is 0 Å². The molecule has 2 aromatic rings. The van der Waals surface area contributed by atoms with Crippen molar-refractivity contribution in [3.63, 3.8) is 0 Å². The summed E-state index contributed by atoms with van der Waals surface area (Å²) in [4.78, 5) is 13.1. The second-order valence-corrected chi connectivity index (χ2v) is 6.32. The summed E-state index contributed by atoms with van der Waals surface area (Å²) in [6.45, 7) is 0. The van der Waals surface area contributed by atoms with Crippen LogP contribution < -0.4 is 14.8 Å². The van der Waals surface area contributed by atoms with Crippen molar-refractivity contribution in [2.45, 2.75) is 31.1 Å². The number of benzene rings is 2. The number of hydrogen-bond acceptors (Lipinski definition) is 3. The first-order chi connectivity index (χ1) is 12.1. The van der Waals surface area contributed by atoms with Gasteiger partial charge in [0.05, 0.1) is 19.6 Å². The molecule has 4 nitrogen and oxygen atoms in total. The third-order valence-corrected chi connectivity index (χ3v) is 4.93. The van der Waals surface area contributed by atoms with Gasteiger partial charge in [-0.1, -0.05) is 18.9 Å². The van der Waals surface area contributed by atoms with E-state index in [0.717, 1.165) is 31.2 Å². The Labute approximate surface area is 147 Å². The van der Waals surface area contributed by atoms with Crippen molar-refractivity contribution in [1.29, 1.82) is 0 Å². The van der Waals surface area contributed by atoms with Crippen LogP contribution in [-0.2, 0) is 10.2 Å². The Morgan fingerprint density at radius 2 is 1.64 bits per heavy atom. The minimum atomic E-state index is -0.603. The maximum atomic E-state index is 13.1. The first-order valence-corrected chi connectivity index (χ1v) is 8.38. The monoisotopic (exact) mass is 343 g/mol. The molecule has 0 bridgehead atoms. The van der Waals surface area contributed by atoms with E-state index in [-0.39, 0.29) is 11.7 Å². The third kappa shape index (κ3) is 3.31. The van der Waals surface area contributed by atoms with Crippen molar-refractivity contribution in [2.75, 3.05) is 19.5 Å². The molecule has 5 heteroatoms. The number of rotatable bonds is 5. The van der Waals surface area contributed by atoms with Gasteiger partial charge >= 0.3 is 0 Å². The molecule has 132 valence electrons.